The molecule has 5 nitrogen and oxygen atoms in total. The molecular formula is C9H19N3O2. The average molecular weight is 201 g/mol. The van der Waals surface area contributed by atoms with Crippen molar-refractivity contribution in [3.63, 3.8) is 0 Å². The van der Waals surface area contributed by atoms with Crippen LogP contribution in [-0.4, -0.2) is 42.6 Å². The van der Waals surface area contributed by atoms with Crippen LogP contribution in [0.3, 0.4) is 0 Å². The molecule has 0 aromatic heterocycles. The lowest BCUT2D eigenvalue weighted by Gasteiger charge is -2.40. The molecule has 1 atom stereocenters. The highest BCUT2D eigenvalue weighted by Crippen LogP contribution is 2.20. The number of amides is 1. The first-order valence-corrected chi connectivity index (χ1v) is 4.99. The van der Waals surface area contributed by atoms with Crippen LogP contribution in [0.2, 0.25) is 0 Å². The Morgan fingerprint density at radius 3 is 2.57 bits per heavy atom. The zero-order valence-electron chi connectivity index (χ0n) is 8.88. The van der Waals surface area contributed by atoms with Gasteiger partial charge in [0.25, 0.3) is 5.91 Å². The maximum Gasteiger partial charge on any atom is 0.254 e. The second-order valence-electron chi connectivity index (χ2n) is 3.70. The smallest absolute Gasteiger partial charge is 0.254 e. The van der Waals surface area contributed by atoms with Crippen LogP contribution in [0, 0.1) is 0 Å². The second-order valence-corrected chi connectivity index (χ2v) is 3.70. The molecule has 0 unspecified atom stereocenters. The van der Waals surface area contributed by atoms with Crippen molar-refractivity contribution in [3.8, 4) is 0 Å². The molecule has 82 valence electrons. The van der Waals surface area contributed by atoms with E-state index in [2.05, 4.69) is 10.3 Å². The summed E-state index contributed by atoms with van der Waals surface area (Å²) in [5.41, 5.74) is 1.73. The standard InChI is InChI=1S/C9H19N3O2/c1-3-9(2,8(13)11-10)12-4-6-14-7-5-12/h3-7,10H2,1-2H3,(H,11,13)/t9-/m1/s1. The van der Waals surface area contributed by atoms with Crippen LogP contribution in [0.4, 0.5) is 0 Å². The van der Waals surface area contributed by atoms with Gasteiger partial charge in [-0.15, -0.1) is 0 Å². The van der Waals surface area contributed by atoms with Gasteiger partial charge in [0, 0.05) is 13.1 Å². The summed E-state index contributed by atoms with van der Waals surface area (Å²) in [5, 5.41) is 0. The lowest BCUT2D eigenvalue weighted by Crippen LogP contribution is -2.60. The molecular weight excluding hydrogens is 182 g/mol. The maximum atomic E-state index is 11.6. The molecule has 0 bridgehead atoms. The molecule has 0 radical (unpaired) electrons. The highest BCUT2D eigenvalue weighted by atomic mass is 16.5. The van der Waals surface area contributed by atoms with Gasteiger partial charge in [0.15, 0.2) is 0 Å². The zero-order valence-corrected chi connectivity index (χ0v) is 8.88. The van der Waals surface area contributed by atoms with Crippen molar-refractivity contribution < 1.29 is 9.53 Å². The summed E-state index contributed by atoms with van der Waals surface area (Å²) in [6.45, 7) is 6.86. The number of hydrogen-bond donors (Lipinski definition) is 2. The van der Waals surface area contributed by atoms with Gasteiger partial charge in [-0.3, -0.25) is 15.1 Å². The minimum atomic E-state index is -0.501. The van der Waals surface area contributed by atoms with E-state index in [-0.39, 0.29) is 5.91 Å². The van der Waals surface area contributed by atoms with Crippen LogP contribution in [-0.2, 0) is 9.53 Å². The van der Waals surface area contributed by atoms with E-state index in [0.29, 0.717) is 13.2 Å². The molecule has 0 saturated carbocycles. The molecule has 14 heavy (non-hydrogen) atoms. The number of hydrazine groups is 1. The summed E-state index contributed by atoms with van der Waals surface area (Å²) >= 11 is 0. The molecule has 5 heteroatoms. The number of nitrogens with zero attached hydrogens (tertiary/aromatic N) is 1. The number of nitrogens with one attached hydrogen (secondary N) is 1. The van der Waals surface area contributed by atoms with Gasteiger partial charge in [-0.2, -0.15) is 0 Å². The fraction of sp³-hybridized carbons (Fsp3) is 0.889. The van der Waals surface area contributed by atoms with Crippen LogP contribution in [0.5, 0.6) is 0 Å². The number of morpholine rings is 1. The summed E-state index contributed by atoms with van der Waals surface area (Å²) < 4.78 is 5.25. The lowest BCUT2D eigenvalue weighted by molar-refractivity contribution is -0.136. The predicted molar refractivity (Wildman–Crippen MR) is 53.4 cm³/mol. The predicted octanol–water partition coefficient (Wildman–Crippen LogP) is -0.523. The lowest BCUT2D eigenvalue weighted by atomic mass is 9.95. The van der Waals surface area contributed by atoms with Crippen LogP contribution >= 0.6 is 0 Å². The highest BCUT2D eigenvalue weighted by molar-refractivity contribution is 5.85. The minimum absolute atomic E-state index is 0.123. The van der Waals surface area contributed by atoms with E-state index in [1.54, 1.807) is 0 Å². The molecule has 3 N–H and O–H groups in total. The molecule has 1 rings (SSSR count). The summed E-state index contributed by atoms with van der Waals surface area (Å²) in [6.07, 6.45) is 0.746. The van der Waals surface area contributed by atoms with Crippen LogP contribution in [0.1, 0.15) is 20.3 Å². The average Bonchev–Trinajstić information content (AvgIpc) is 2.28. The molecule has 1 fully saturated rings. The maximum absolute atomic E-state index is 11.6. The fourth-order valence-electron chi connectivity index (χ4n) is 1.74. The first kappa shape index (κ1) is 11.4. The van der Waals surface area contributed by atoms with Crippen molar-refractivity contribution in [2.75, 3.05) is 26.3 Å². The topological polar surface area (TPSA) is 67.6 Å². The van der Waals surface area contributed by atoms with E-state index in [0.717, 1.165) is 19.5 Å². The summed E-state index contributed by atoms with van der Waals surface area (Å²) in [7, 11) is 0. The van der Waals surface area contributed by atoms with Crippen LogP contribution in [0.15, 0.2) is 0 Å². The first-order chi connectivity index (χ1) is 6.65. The molecule has 0 spiro atoms. The highest BCUT2D eigenvalue weighted by Gasteiger charge is 2.37. The Kier molecular flexibility index (Phi) is 3.86. The third-order valence-corrected chi connectivity index (χ3v) is 3.02. The summed E-state index contributed by atoms with van der Waals surface area (Å²) in [5.74, 6) is 5.06. The van der Waals surface area contributed by atoms with E-state index in [1.165, 1.54) is 0 Å². The van der Waals surface area contributed by atoms with Crippen LogP contribution < -0.4 is 11.3 Å². The number of ether oxygens (including phenoxy) is 1. The third kappa shape index (κ3) is 2.05. The van der Waals surface area contributed by atoms with E-state index in [4.69, 9.17) is 10.6 Å². The number of nitrogens with two attached hydrogens (primary N) is 1. The van der Waals surface area contributed by atoms with E-state index in [9.17, 15) is 4.79 Å². The Hall–Kier alpha value is -0.650. The summed E-state index contributed by atoms with van der Waals surface area (Å²) in [6, 6.07) is 0. The van der Waals surface area contributed by atoms with Crippen LogP contribution in [0.25, 0.3) is 0 Å². The van der Waals surface area contributed by atoms with Crippen molar-refractivity contribution in [1.82, 2.24) is 10.3 Å². The molecule has 0 aliphatic carbocycles. The third-order valence-electron chi connectivity index (χ3n) is 3.02. The van der Waals surface area contributed by atoms with Gasteiger partial charge in [-0.05, 0) is 13.3 Å². The molecule has 1 aliphatic rings. The molecule has 1 heterocycles. The van der Waals surface area contributed by atoms with E-state index >= 15 is 0 Å². The second kappa shape index (κ2) is 4.72. The monoisotopic (exact) mass is 201 g/mol. The Balaban J connectivity index is 2.71. The van der Waals surface area contributed by atoms with Gasteiger partial charge in [0.05, 0.1) is 18.8 Å². The van der Waals surface area contributed by atoms with Crippen molar-refractivity contribution >= 4 is 5.91 Å². The van der Waals surface area contributed by atoms with Gasteiger partial charge in [-0.25, -0.2) is 5.84 Å². The number of carbonyl (C=O) groups is 1. The fourth-order valence-corrected chi connectivity index (χ4v) is 1.74. The molecule has 0 aromatic rings. The van der Waals surface area contributed by atoms with Crippen molar-refractivity contribution in [2.24, 2.45) is 5.84 Å². The van der Waals surface area contributed by atoms with E-state index < -0.39 is 5.54 Å². The molecule has 1 amide bonds. The quantitative estimate of drug-likeness (QED) is 0.366. The molecule has 1 aliphatic heterocycles. The minimum Gasteiger partial charge on any atom is -0.379 e. The van der Waals surface area contributed by atoms with Gasteiger partial charge < -0.3 is 4.74 Å². The Morgan fingerprint density at radius 1 is 1.57 bits per heavy atom. The van der Waals surface area contributed by atoms with Gasteiger partial charge in [0.1, 0.15) is 0 Å². The molecule has 0 aromatic carbocycles. The van der Waals surface area contributed by atoms with Gasteiger partial charge in [0.2, 0.25) is 0 Å². The number of carbonyl (C=O) groups excluding carboxylic acids is 1. The van der Waals surface area contributed by atoms with Gasteiger partial charge in [-0.1, -0.05) is 6.92 Å². The van der Waals surface area contributed by atoms with Crippen molar-refractivity contribution in [1.29, 1.82) is 0 Å². The van der Waals surface area contributed by atoms with Crippen molar-refractivity contribution in [2.45, 2.75) is 25.8 Å². The Morgan fingerprint density at radius 2 is 2.14 bits per heavy atom. The Bertz CT molecular complexity index is 204. The largest absolute Gasteiger partial charge is 0.379 e. The molecule has 1 saturated heterocycles. The van der Waals surface area contributed by atoms with Gasteiger partial charge >= 0.3 is 0 Å². The SMILES string of the molecule is CC[C@](C)(C(=O)NN)N1CCOCC1. The summed E-state index contributed by atoms with van der Waals surface area (Å²) in [4.78, 5) is 13.8. The number of rotatable bonds is 3. The van der Waals surface area contributed by atoms with Crippen molar-refractivity contribution in [3.05, 3.63) is 0 Å². The van der Waals surface area contributed by atoms with E-state index in [1.807, 2.05) is 13.8 Å². The number of hydrogen-bond acceptors (Lipinski definition) is 4. The first-order valence-electron chi connectivity index (χ1n) is 4.99. The normalized spacial score (nSPS) is 22.8. The Labute approximate surface area is 84.5 Å². The zero-order chi connectivity index (χ0) is 10.6.